The number of nitrogens with zero attached hydrogens (tertiary/aromatic N) is 1. The standard InChI is InChI=1S/C19H22BrNO2.C2H6/c1-21(15-16-5-3-2-4-6-16)12-11-19(23-14-13-22)17-7-9-18(20)10-8-17;1-2/h2-10,13,19H,11-12,14-15H2,1H3;1-2H3. The van der Waals surface area contributed by atoms with Gasteiger partial charge >= 0.3 is 0 Å². The molecule has 2 aromatic carbocycles. The van der Waals surface area contributed by atoms with Crippen LogP contribution in [0.2, 0.25) is 0 Å². The van der Waals surface area contributed by atoms with E-state index < -0.39 is 0 Å². The van der Waals surface area contributed by atoms with Crippen LogP contribution in [0.25, 0.3) is 0 Å². The number of ether oxygens (including phenoxy) is 1. The molecule has 0 fully saturated rings. The highest BCUT2D eigenvalue weighted by atomic mass is 79.9. The predicted octanol–water partition coefficient (Wildman–Crippen LogP) is 5.25. The van der Waals surface area contributed by atoms with Crippen LogP contribution < -0.4 is 0 Å². The molecule has 0 saturated carbocycles. The second-order valence-corrected chi connectivity index (χ2v) is 6.47. The molecule has 1 atom stereocenters. The van der Waals surface area contributed by atoms with Crippen molar-refractivity contribution in [3.05, 3.63) is 70.2 Å². The van der Waals surface area contributed by atoms with Crippen LogP contribution in [0.4, 0.5) is 0 Å². The molecule has 0 aromatic heterocycles. The first-order valence-electron chi connectivity index (χ1n) is 8.72. The first kappa shape index (κ1) is 21.6. The molecule has 0 aliphatic carbocycles. The Morgan fingerprint density at radius 2 is 1.72 bits per heavy atom. The molecule has 2 rings (SSSR count). The number of rotatable bonds is 9. The van der Waals surface area contributed by atoms with E-state index >= 15 is 0 Å². The van der Waals surface area contributed by atoms with E-state index in [-0.39, 0.29) is 12.7 Å². The summed E-state index contributed by atoms with van der Waals surface area (Å²) < 4.78 is 6.75. The van der Waals surface area contributed by atoms with Crippen molar-refractivity contribution >= 4 is 22.2 Å². The summed E-state index contributed by atoms with van der Waals surface area (Å²) in [5.74, 6) is 0. The molecule has 0 spiro atoms. The van der Waals surface area contributed by atoms with E-state index in [1.54, 1.807) is 0 Å². The number of benzene rings is 2. The minimum Gasteiger partial charge on any atom is -0.366 e. The minimum absolute atomic E-state index is 0.0634. The molecule has 0 aliphatic heterocycles. The zero-order chi connectivity index (χ0) is 18.5. The minimum atomic E-state index is -0.0634. The third-order valence-corrected chi connectivity index (χ3v) is 4.20. The van der Waals surface area contributed by atoms with E-state index in [4.69, 9.17) is 4.74 Å². The Hall–Kier alpha value is -1.49. The van der Waals surface area contributed by atoms with Crippen LogP contribution in [0.3, 0.4) is 0 Å². The van der Waals surface area contributed by atoms with Crippen LogP contribution in [-0.2, 0) is 16.1 Å². The summed E-state index contributed by atoms with van der Waals surface area (Å²) >= 11 is 3.44. The number of hydrogen-bond donors (Lipinski definition) is 0. The molecule has 0 heterocycles. The fraction of sp³-hybridized carbons (Fsp3) is 0.381. The summed E-state index contributed by atoms with van der Waals surface area (Å²) in [6.45, 7) is 5.93. The van der Waals surface area contributed by atoms with Crippen LogP contribution in [0.5, 0.6) is 0 Å². The smallest absolute Gasteiger partial charge is 0.145 e. The average Bonchev–Trinajstić information content (AvgIpc) is 2.65. The van der Waals surface area contributed by atoms with E-state index in [9.17, 15) is 4.79 Å². The molecule has 0 bridgehead atoms. The molecule has 3 nitrogen and oxygen atoms in total. The van der Waals surface area contributed by atoms with Crippen LogP contribution in [0, 0.1) is 0 Å². The Labute approximate surface area is 160 Å². The van der Waals surface area contributed by atoms with Gasteiger partial charge in [-0.2, -0.15) is 0 Å². The van der Waals surface area contributed by atoms with Crippen molar-refractivity contribution in [3.8, 4) is 0 Å². The summed E-state index contributed by atoms with van der Waals surface area (Å²) in [7, 11) is 2.10. The molecule has 4 heteroatoms. The summed E-state index contributed by atoms with van der Waals surface area (Å²) in [5.41, 5.74) is 2.40. The first-order valence-corrected chi connectivity index (χ1v) is 9.51. The van der Waals surface area contributed by atoms with Gasteiger partial charge in [-0.1, -0.05) is 72.2 Å². The maximum Gasteiger partial charge on any atom is 0.145 e. The zero-order valence-electron chi connectivity index (χ0n) is 15.3. The molecule has 0 aliphatic rings. The van der Waals surface area contributed by atoms with E-state index in [0.717, 1.165) is 35.8 Å². The molecule has 1 unspecified atom stereocenters. The van der Waals surface area contributed by atoms with Gasteiger partial charge in [0.1, 0.15) is 12.9 Å². The second kappa shape index (κ2) is 12.8. The number of carbonyl (C=O) groups is 1. The third kappa shape index (κ3) is 8.43. The van der Waals surface area contributed by atoms with Crippen molar-refractivity contribution in [1.82, 2.24) is 4.90 Å². The van der Waals surface area contributed by atoms with Crippen molar-refractivity contribution in [2.45, 2.75) is 32.9 Å². The van der Waals surface area contributed by atoms with Crippen LogP contribution in [-0.4, -0.2) is 31.4 Å². The van der Waals surface area contributed by atoms with Crippen molar-refractivity contribution in [2.24, 2.45) is 0 Å². The highest BCUT2D eigenvalue weighted by molar-refractivity contribution is 9.10. The zero-order valence-corrected chi connectivity index (χ0v) is 16.9. The Morgan fingerprint density at radius 1 is 1.08 bits per heavy atom. The van der Waals surface area contributed by atoms with Crippen molar-refractivity contribution in [3.63, 3.8) is 0 Å². The van der Waals surface area contributed by atoms with Gasteiger partial charge < -0.3 is 14.4 Å². The largest absolute Gasteiger partial charge is 0.366 e. The lowest BCUT2D eigenvalue weighted by Gasteiger charge is -2.22. The van der Waals surface area contributed by atoms with Crippen molar-refractivity contribution in [2.75, 3.05) is 20.2 Å². The highest BCUT2D eigenvalue weighted by Gasteiger charge is 2.13. The average molecular weight is 406 g/mol. The molecule has 0 amide bonds. The van der Waals surface area contributed by atoms with E-state index in [1.165, 1.54) is 5.56 Å². The topological polar surface area (TPSA) is 29.5 Å². The van der Waals surface area contributed by atoms with Gasteiger partial charge in [0.2, 0.25) is 0 Å². The lowest BCUT2D eigenvalue weighted by Crippen LogP contribution is -2.22. The monoisotopic (exact) mass is 405 g/mol. The predicted molar refractivity (Wildman–Crippen MR) is 108 cm³/mol. The van der Waals surface area contributed by atoms with Gasteiger partial charge in [0, 0.05) is 17.6 Å². The van der Waals surface area contributed by atoms with E-state index in [2.05, 4.69) is 52.1 Å². The lowest BCUT2D eigenvalue weighted by molar-refractivity contribution is -0.114. The normalized spacial score (nSPS) is 11.6. The lowest BCUT2D eigenvalue weighted by atomic mass is 10.1. The number of carbonyl (C=O) groups excluding carboxylic acids is 1. The van der Waals surface area contributed by atoms with Gasteiger partial charge in [0.25, 0.3) is 0 Å². The van der Waals surface area contributed by atoms with E-state index in [0.29, 0.717) is 0 Å². The molecule has 2 aromatic rings. The van der Waals surface area contributed by atoms with E-state index in [1.807, 2.05) is 44.2 Å². The molecular weight excluding hydrogens is 378 g/mol. The first-order chi connectivity index (χ1) is 12.2. The molecule has 25 heavy (non-hydrogen) atoms. The maximum atomic E-state index is 10.6. The number of halogens is 1. The Balaban J connectivity index is 0.00000151. The van der Waals surface area contributed by atoms with Gasteiger partial charge in [0.05, 0.1) is 6.10 Å². The Morgan fingerprint density at radius 3 is 2.32 bits per heavy atom. The third-order valence-electron chi connectivity index (χ3n) is 3.68. The number of aldehydes is 1. The van der Waals surface area contributed by atoms with Crippen molar-refractivity contribution < 1.29 is 9.53 Å². The van der Waals surface area contributed by atoms with Gasteiger partial charge in [-0.05, 0) is 36.7 Å². The summed E-state index contributed by atoms with van der Waals surface area (Å²) in [5, 5.41) is 0. The van der Waals surface area contributed by atoms with Crippen LogP contribution >= 0.6 is 15.9 Å². The highest BCUT2D eigenvalue weighted by Crippen LogP contribution is 2.23. The van der Waals surface area contributed by atoms with Crippen LogP contribution in [0.15, 0.2) is 59.1 Å². The van der Waals surface area contributed by atoms with Gasteiger partial charge in [-0.25, -0.2) is 0 Å². The Kier molecular flexibility index (Phi) is 11.0. The molecule has 0 N–H and O–H groups in total. The number of hydrogen-bond acceptors (Lipinski definition) is 3. The Bertz CT molecular complexity index is 587. The SMILES string of the molecule is CC.CN(CCC(OCC=O)c1ccc(Br)cc1)Cc1ccccc1. The van der Waals surface area contributed by atoms with Gasteiger partial charge in [-0.15, -0.1) is 0 Å². The fourth-order valence-corrected chi connectivity index (χ4v) is 2.76. The summed E-state index contributed by atoms with van der Waals surface area (Å²) in [6.07, 6.45) is 1.59. The molecule has 0 saturated heterocycles. The quantitative estimate of drug-likeness (QED) is 0.533. The fourth-order valence-electron chi connectivity index (χ4n) is 2.49. The molecular formula is C21H28BrNO2. The molecule has 0 radical (unpaired) electrons. The second-order valence-electron chi connectivity index (χ2n) is 5.55. The van der Waals surface area contributed by atoms with Gasteiger partial charge in [0.15, 0.2) is 0 Å². The van der Waals surface area contributed by atoms with Gasteiger partial charge in [-0.3, -0.25) is 0 Å². The summed E-state index contributed by atoms with van der Waals surface area (Å²) in [4.78, 5) is 12.9. The molecule has 136 valence electrons. The maximum absolute atomic E-state index is 10.6. The van der Waals surface area contributed by atoms with Crippen LogP contribution in [0.1, 0.15) is 37.5 Å². The van der Waals surface area contributed by atoms with Crippen molar-refractivity contribution in [1.29, 1.82) is 0 Å². The summed E-state index contributed by atoms with van der Waals surface area (Å²) in [6, 6.07) is 18.5.